The molecule has 0 bridgehead atoms. The minimum absolute atomic E-state index is 0.106. The second-order valence-corrected chi connectivity index (χ2v) is 16.2. The molecule has 0 N–H and O–H groups in total. The van der Waals surface area contributed by atoms with Gasteiger partial charge in [0, 0.05) is 0 Å². The van der Waals surface area contributed by atoms with E-state index in [1.165, 1.54) is 15.9 Å². The van der Waals surface area contributed by atoms with Gasteiger partial charge in [-0.25, -0.2) is 0 Å². The summed E-state index contributed by atoms with van der Waals surface area (Å²) in [5, 5.41) is 3.97. The van der Waals surface area contributed by atoms with E-state index < -0.39 is 27.7 Å². The van der Waals surface area contributed by atoms with Crippen LogP contribution in [-0.2, 0) is 26.6 Å². The summed E-state index contributed by atoms with van der Waals surface area (Å²) in [4.78, 5) is 0. The van der Waals surface area contributed by atoms with Gasteiger partial charge in [-0.2, -0.15) is 0 Å². The van der Waals surface area contributed by atoms with Gasteiger partial charge in [0.25, 0.3) is 0 Å². The minimum atomic E-state index is -2.53. The number of benzene rings is 4. The van der Waals surface area contributed by atoms with Crippen molar-refractivity contribution in [3.63, 3.8) is 0 Å². The molecule has 0 saturated carbocycles. The molecule has 0 aliphatic rings. The fourth-order valence-electron chi connectivity index (χ4n) is 4.29. The predicted octanol–water partition coefficient (Wildman–Crippen LogP) is 3.95. The van der Waals surface area contributed by atoms with Crippen LogP contribution in [0.5, 0.6) is 11.5 Å². The Bertz CT molecular complexity index is 1240. The molecular formula is C25H27B2O2P3S2. The molecule has 0 aliphatic heterocycles. The Hall–Kier alpha value is -1.66. The fourth-order valence-corrected chi connectivity index (χ4v) is 10.3. The van der Waals surface area contributed by atoms with Crippen LogP contribution in [0.15, 0.2) is 109 Å². The average molecular weight is 542 g/mol. The molecule has 0 spiro atoms. The first-order valence-electron chi connectivity index (χ1n) is 12.1. The van der Waals surface area contributed by atoms with Crippen LogP contribution in [0.3, 0.4) is 0 Å². The molecule has 4 aromatic rings. The third-order valence-corrected chi connectivity index (χ3v) is 11.8. The normalized spacial score (nSPS) is 14.1. The van der Waals surface area contributed by atoms with Crippen molar-refractivity contribution in [1.29, 1.82) is 2.67 Å². The van der Waals surface area contributed by atoms with Gasteiger partial charge >= 0.3 is 217 Å². The molecule has 0 heterocycles. The van der Waals surface area contributed by atoms with Crippen molar-refractivity contribution in [3.05, 3.63) is 115 Å². The second-order valence-electron chi connectivity index (χ2n) is 7.81. The summed E-state index contributed by atoms with van der Waals surface area (Å²) < 4.78 is 27.5. The standard InChI is InChI=1S/C25H27B2O2P3S2/c26-33(30)28-21-17-16-20(25(18-21)29-34(27)31)19-32(22-10-4-1-5-11-22,23-12-6-2-7-13-23)24-14-8-3-9-15-24/h1-18,30-32H,19,26-27H2/i26T,27T. The molecule has 172 valence electrons. The van der Waals surface area contributed by atoms with E-state index in [-0.39, 0.29) is 14.2 Å². The molecule has 4 aromatic carbocycles. The summed E-state index contributed by atoms with van der Waals surface area (Å²) in [7, 11) is 3.29. The van der Waals surface area contributed by atoms with Crippen LogP contribution in [0, 0.1) is 0 Å². The first kappa shape index (κ1) is 22.8. The van der Waals surface area contributed by atoms with Gasteiger partial charge in [0.15, 0.2) is 0 Å². The first-order valence-corrected chi connectivity index (χ1v) is 17.9. The zero-order valence-electron chi connectivity index (χ0n) is 20.6. The van der Waals surface area contributed by atoms with Gasteiger partial charge in [-0.15, -0.1) is 0 Å². The summed E-state index contributed by atoms with van der Waals surface area (Å²) in [5.41, 5.74) is 1.06. The van der Waals surface area contributed by atoms with Crippen molar-refractivity contribution < 1.29 is 8.37 Å². The SMILES string of the molecule is [3H]BS(=P)Oc1ccc(C[PH](c2ccccc2)(c2ccccc2)c2ccccc2)c(OS(=P)B[3H])c1. The Morgan fingerprint density at radius 3 is 1.62 bits per heavy atom. The fraction of sp³-hybridized carbons (Fsp3) is 0.0400. The topological polar surface area (TPSA) is 18.5 Å². The zero-order valence-corrected chi connectivity index (χ0v) is 23.3. The van der Waals surface area contributed by atoms with Crippen molar-refractivity contribution in [2.24, 2.45) is 0 Å². The third-order valence-electron chi connectivity index (χ3n) is 5.68. The van der Waals surface area contributed by atoms with E-state index in [4.69, 9.17) is 11.0 Å². The van der Waals surface area contributed by atoms with Gasteiger partial charge in [-0.05, 0) is 0 Å². The molecular weight excluding hydrogens is 511 g/mol. The second kappa shape index (κ2) is 11.9. The maximum atomic E-state index is 7.79. The number of hydrogen-bond donors (Lipinski definition) is 0. The summed E-state index contributed by atoms with van der Waals surface area (Å²) in [6.45, 7) is 0. The van der Waals surface area contributed by atoms with E-state index in [0.717, 1.165) is 11.7 Å². The van der Waals surface area contributed by atoms with Gasteiger partial charge in [-0.3, -0.25) is 0 Å². The Labute approximate surface area is 216 Å². The van der Waals surface area contributed by atoms with Gasteiger partial charge in [0.1, 0.15) is 0 Å². The molecule has 0 saturated heterocycles. The van der Waals surface area contributed by atoms with Crippen LogP contribution in [0.2, 0.25) is 0 Å². The van der Waals surface area contributed by atoms with Crippen LogP contribution >= 0.6 is 23.3 Å². The summed E-state index contributed by atoms with van der Waals surface area (Å²) in [6, 6.07) is 38.3. The van der Waals surface area contributed by atoms with Crippen molar-refractivity contribution >= 4 is 73.8 Å². The molecule has 4 rings (SSSR count). The van der Waals surface area contributed by atoms with Crippen molar-refractivity contribution in [2.75, 3.05) is 0 Å². The Kier molecular flexibility index (Phi) is 7.94. The Morgan fingerprint density at radius 1 is 0.676 bits per heavy atom. The van der Waals surface area contributed by atoms with Crippen LogP contribution in [0.1, 0.15) is 5.56 Å². The average Bonchev–Trinajstić information content (AvgIpc) is 2.94. The molecule has 0 fully saturated rings. The van der Waals surface area contributed by atoms with E-state index in [9.17, 15) is 0 Å². The van der Waals surface area contributed by atoms with Gasteiger partial charge in [0.05, 0.1) is 0 Å². The van der Waals surface area contributed by atoms with Gasteiger partial charge in [-0.1, -0.05) is 0 Å². The summed E-state index contributed by atoms with van der Waals surface area (Å²) in [6.07, 6.45) is 0.778. The third kappa shape index (κ3) is 5.93. The van der Waals surface area contributed by atoms with E-state index in [2.05, 4.69) is 113 Å². The molecule has 9 heteroatoms. The zero-order chi connectivity index (χ0) is 25.4. The maximum absolute atomic E-state index is 7.79. The number of hydrogen-bond acceptors (Lipinski definition) is 2. The Morgan fingerprint density at radius 2 is 1.15 bits per heavy atom. The van der Waals surface area contributed by atoms with E-state index >= 15 is 0 Å². The monoisotopic (exact) mass is 542 g/mol. The molecule has 2 nitrogen and oxygen atoms in total. The van der Waals surface area contributed by atoms with Crippen LogP contribution < -0.4 is 24.3 Å². The van der Waals surface area contributed by atoms with Crippen molar-refractivity contribution in [1.82, 2.24) is 0 Å². The predicted molar refractivity (Wildman–Crippen MR) is 166 cm³/mol. The summed E-state index contributed by atoms with van der Waals surface area (Å²) >= 11 is 0. The van der Waals surface area contributed by atoms with Crippen molar-refractivity contribution in [2.45, 2.75) is 6.16 Å². The molecule has 0 amide bonds. The first-order chi connectivity index (χ1) is 17.6. The quantitative estimate of drug-likeness (QED) is 0.211. The van der Waals surface area contributed by atoms with Crippen LogP contribution in [0.4, 0.5) is 0 Å². The van der Waals surface area contributed by atoms with E-state index in [1.54, 1.807) is 0 Å². The number of rotatable bonds is 11. The molecule has 0 radical (unpaired) electrons. The molecule has 34 heavy (non-hydrogen) atoms. The molecule has 2 unspecified atom stereocenters. The Balaban J connectivity index is 1.93. The van der Waals surface area contributed by atoms with E-state index in [0.29, 0.717) is 11.5 Å². The van der Waals surface area contributed by atoms with Crippen LogP contribution in [-0.4, -0.2) is 16.8 Å². The van der Waals surface area contributed by atoms with E-state index in [1.807, 2.05) is 12.1 Å². The van der Waals surface area contributed by atoms with Gasteiger partial charge in [0.2, 0.25) is 0 Å². The molecule has 0 aliphatic carbocycles. The summed E-state index contributed by atoms with van der Waals surface area (Å²) in [5.74, 6) is 1.34. The van der Waals surface area contributed by atoms with Crippen molar-refractivity contribution in [3.8, 4) is 11.5 Å². The van der Waals surface area contributed by atoms with Crippen LogP contribution in [0.25, 0.3) is 0 Å². The molecule has 2 atom stereocenters. The molecule has 0 aromatic heterocycles. The van der Waals surface area contributed by atoms with Gasteiger partial charge < -0.3 is 0 Å².